The van der Waals surface area contributed by atoms with E-state index in [0.29, 0.717) is 12.0 Å². The van der Waals surface area contributed by atoms with Crippen LogP contribution in [0.15, 0.2) is 47.7 Å². The Hall–Kier alpha value is -1.83. The average Bonchev–Trinajstić information content (AvgIpc) is 3.03. The highest BCUT2D eigenvalue weighted by atomic mass is 15.0. The monoisotopic (exact) mass is 294 g/mol. The fourth-order valence-electron chi connectivity index (χ4n) is 3.21. The molecule has 22 heavy (non-hydrogen) atoms. The standard InChI is InChI=1S/C20H26N2/c1-16(2)18-8-10-19(11-9-18)21-14-17-12-13-22(15-17)20-6-4-3-5-7-20/h8-16,20H,3-7H2,1-2H3. The maximum absolute atomic E-state index is 4.60. The molecule has 0 saturated heterocycles. The molecule has 3 rings (SSSR count). The third-order valence-corrected chi connectivity index (χ3v) is 4.66. The van der Waals surface area contributed by atoms with Crippen molar-refractivity contribution in [1.82, 2.24) is 4.57 Å². The Morgan fingerprint density at radius 3 is 2.45 bits per heavy atom. The number of aromatic nitrogens is 1. The van der Waals surface area contributed by atoms with Gasteiger partial charge in [-0.1, -0.05) is 45.2 Å². The lowest BCUT2D eigenvalue weighted by atomic mass is 9.95. The summed E-state index contributed by atoms with van der Waals surface area (Å²) in [6.07, 6.45) is 13.2. The van der Waals surface area contributed by atoms with Gasteiger partial charge in [-0.15, -0.1) is 0 Å². The Morgan fingerprint density at radius 2 is 1.77 bits per heavy atom. The van der Waals surface area contributed by atoms with Gasteiger partial charge in [-0.05, 0) is 42.5 Å². The Balaban J connectivity index is 1.66. The lowest BCUT2D eigenvalue weighted by molar-refractivity contribution is 0.354. The van der Waals surface area contributed by atoms with Crippen LogP contribution in [-0.4, -0.2) is 10.8 Å². The predicted molar refractivity (Wildman–Crippen MR) is 94.3 cm³/mol. The average molecular weight is 294 g/mol. The molecule has 0 bridgehead atoms. The molecule has 0 unspecified atom stereocenters. The Labute approximate surface area is 133 Å². The van der Waals surface area contributed by atoms with Crippen LogP contribution in [-0.2, 0) is 0 Å². The predicted octanol–water partition coefficient (Wildman–Crippen LogP) is 5.87. The molecule has 0 amide bonds. The van der Waals surface area contributed by atoms with Crippen LogP contribution in [0, 0.1) is 0 Å². The highest BCUT2D eigenvalue weighted by Gasteiger charge is 2.14. The molecule has 1 heterocycles. The maximum atomic E-state index is 4.60. The van der Waals surface area contributed by atoms with Gasteiger partial charge in [0.05, 0.1) is 5.69 Å². The zero-order valence-corrected chi connectivity index (χ0v) is 13.7. The highest BCUT2D eigenvalue weighted by Crippen LogP contribution is 2.28. The van der Waals surface area contributed by atoms with Crippen molar-refractivity contribution in [3.63, 3.8) is 0 Å². The van der Waals surface area contributed by atoms with Crippen LogP contribution < -0.4 is 0 Å². The second-order valence-electron chi connectivity index (χ2n) is 6.69. The van der Waals surface area contributed by atoms with Crippen LogP contribution in [0.2, 0.25) is 0 Å². The van der Waals surface area contributed by atoms with Gasteiger partial charge in [0.1, 0.15) is 0 Å². The van der Waals surface area contributed by atoms with E-state index < -0.39 is 0 Å². The van der Waals surface area contributed by atoms with Crippen molar-refractivity contribution in [3.8, 4) is 0 Å². The van der Waals surface area contributed by atoms with Gasteiger partial charge in [0.15, 0.2) is 0 Å². The van der Waals surface area contributed by atoms with Crippen LogP contribution in [0.5, 0.6) is 0 Å². The summed E-state index contributed by atoms with van der Waals surface area (Å²) in [4.78, 5) is 4.60. The molecular weight excluding hydrogens is 268 g/mol. The van der Waals surface area contributed by atoms with Crippen LogP contribution in [0.25, 0.3) is 0 Å². The first-order chi connectivity index (χ1) is 10.7. The smallest absolute Gasteiger partial charge is 0.0630 e. The van der Waals surface area contributed by atoms with Crippen molar-refractivity contribution in [1.29, 1.82) is 0 Å². The lowest BCUT2D eigenvalue weighted by Crippen LogP contribution is -2.10. The van der Waals surface area contributed by atoms with Gasteiger partial charge in [-0.25, -0.2) is 0 Å². The molecule has 0 spiro atoms. The van der Waals surface area contributed by atoms with Gasteiger partial charge < -0.3 is 4.57 Å². The normalized spacial score (nSPS) is 16.7. The summed E-state index contributed by atoms with van der Waals surface area (Å²) in [5, 5.41) is 0. The number of nitrogens with zero attached hydrogens (tertiary/aromatic N) is 2. The van der Waals surface area contributed by atoms with E-state index in [0.717, 1.165) is 5.69 Å². The molecule has 116 valence electrons. The molecule has 1 aromatic heterocycles. The fraction of sp³-hybridized carbons (Fsp3) is 0.450. The molecule has 0 aliphatic heterocycles. The molecular formula is C20H26N2. The van der Waals surface area contributed by atoms with Crippen LogP contribution in [0.3, 0.4) is 0 Å². The number of aliphatic imine (C=N–C) groups is 1. The first-order valence-electron chi connectivity index (χ1n) is 8.54. The van der Waals surface area contributed by atoms with Gasteiger partial charge in [-0.2, -0.15) is 0 Å². The Morgan fingerprint density at radius 1 is 1.05 bits per heavy atom. The van der Waals surface area contributed by atoms with Crippen LogP contribution >= 0.6 is 0 Å². The van der Waals surface area contributed by atoms with Crippen molar-refractivity contribution in [3.05, 3.63) is 53.9 Å². The number of benzene rings is 1. The summed E-state index contributed by atoms with van der Waals surface area (Å²) >= 11 is 0. The third-order valence-electron chi connectivity index (χ3n) is 4.66. The van der Waals surface area contributed by atoms with E-state index in [4.69, 9.17) is 0 Å². The minimum absolute atomic E-state index is 0.572. The molecule has 1 saturated carbocycles. The molecule has 0 atom stereocenters. The summed E-state index contributed by atoms with van der Waals surface area (Å²) < 4.78 is 2.38. The highest BCUT2D eigenvalue weighted by molar-refractivity contribution is 5.81. The molecule has 2 aromatic rings. The zero-order valence-electron chi connectivity index (χ0n) is 13.7. The van der Waals surface area contributed by atoms with Crippen molar-refractivity contribution >= 4 is 11.9 Å². The van der Waals surface area contributed by atoms with Gasteiger partial charge >= 0.3 is 0 Å². The number of hydrogen-bond donors (Lipinski definition) is 0. The SMILES string of the molecule is CC(C)c1ccc(N=Cc2ccn(C3CCCCC3)c2)cc1. The quantitative estimate of drug-likeness (QED) is 0.628. The Bertz CT molecular complexity index is 613. The third kappa shape index (κ3) is 3.68. The van der Waals surface area contributed by atoms with Crippen LogP contribution in [0.1, 0.15) is 69.0 Å². The number of hydrogen-bond acceptors (Lipinski definition) is 1. The second-order valence-corrected chi connectivity index (χ2v) is 6.69. The first-order valence-corrected chi connectivity index (χ1v) is 8.54. The van der Waals surface area contributed by atoms with Crippen molar-refractivity contribution in [2.24, 2.45) is 4.99 Å². The van der Waals surface area contributed by atoms with E-state index in [2.05, 4.69) is 66.1 Å². The molecule has 1 fully saturated rings. The van der Waals surface area contributed by atoms with E-state index in [9.17, 15) is 0 Å². The summed E-state index contributed by atoms with van der Waals surface area (Å²) in [6, 6.07) is 11.4. The van der Waals surface area contributed by atoms with E-state index in [1.54, 1.807) is 0 Å². The van der Waals surface area contributed by atoms with E-state index in [1.165, 1.54) is 43.2 Å². The zero-order chi connectivity index (χ0) is 15.4. The molecule has 2 nitrogen and oxygen atoms in total. The topological polar surface area (TPSA) is 17.3 Å². The van der Waals surface area contributed by atoms with Crippen molar-refractivity contribution in [2.75, 3.05) is 0 Å². The van der Waals surface area contributed by atoms with Crippen molar-refractivity contribution < 1.29 is 0 Å². The van der Waals surface area contributed by atoms with E-state index >= 15 is 0 Å². The molecule has 1 aliphatic carbocycles. The summed E-state index contributed by atoms with van der Waals surface area (Å²) in [7, 11) is 0. The summed E-state index contributed by atoms with van der Waals surface area (Å²) in [5.41, 5.74) is 3.58. The largest absolute Gasteiger partial charge is 0.351 e. The minimum Gasteiger partial charge on any atom is -0.351 e. The fourth-order valence-corrected chi connectivity index (χ4v) is 3.21. The van der Waals surface area contributed by atoms with Gasteiger partial charge in [0.25, 0.3) is 0 Å². The molecule has 1 aromatic carbocycles. The van der Waals surface area contributed by atoms with E-state index in [-0.39, 0.29) is 0 Å². The minimum atomic E-state index is 0.572. The van der Waals surface area contributed by atoms with Crippen molar-refractivity contribution in [2.45, 2.75) is 57.9 Å². The second kappa shape index (κ2) is 6.95. The summed E-state index contributed by atoms with van der Waals surface area (Å²) in [6.45, 7) is 4.43. The lowest BCUT2D eigenvalue weighted by Gasteiger charge is -2.23. The van der Waals surface area contributed by atoms with E-state index in [1.807, 2.05) is 6.21 Å². The summed E-state index contributed by atoms with van der Waals surface area (Å²) in [5.74, 6) is 0.572. The van der Waals surface area contributed by atoms with Crippen LogP contribution in [0.4, 0.5) is 5.69 Å². The first kappa shape index (κ1) is 15.1. The molecule has 1 aliphatic rings. The molecule has 0 radical (unpaired) electrons. The molecule has 0 N–H and O–H groups in total. The van der Waals surface area contributed by atoms with Gasteiger partial charge in [0.2, 0.25) is 0 Å². The number of rotatable bonds is 4. The Kier molecular flexibility index (Phi) is 4.77. The van der Waals surface area contributed by atoms with Gasteiger partial charge in [0, 0.05) is 30.2 Å². The molecule has 2 heteroatoms. The maximum Gasteiger partial charge on any atom is 0.0630 e. The van der Waals surface area contributed by atoms with Gasteiger partial charge in [-0.3, -0.25) is 4.99 Å².